The van der Waals surface area contributed by atoms with Gasteiger partial charge in [0.15, 0.2) is 0 Å². The standard InChI is InChI=1S/C28H32N5O4S.3C4H9.Sn/c1-5-33(6-2)17-16-29-28(34)22-12-9-11-21-26(20-10-7-8-13-23(20)30-27(21)22)31-24-15-14-19(18-25(24)37-3)32-38(4,35)36;3*1-3-4-2;/h8-15,18,32H,5-6,16-17H2,1-4H3,(H,29,34)(H,30,31);3*1,3-4H2,2H3;. The zero-order chi connectivity index (χ0) is 37.0. The summed E-state index contributed by atoms with van der Waals surface area (Å²) in [5.41, 5.74) is 3.95. The van der Waals surface area contributed by atoms with Gasteiger partial charge in [-0.1, -0.05) is 13.8 Å². The van der Waals surface area contributed by atoms with E-state index in [2.05, 4.69) is 73.1 Å². The number of fused-ring (bicyclic) bond motifs is 2. The van der Waals surface area contributed by atoms with Gasteiger partial charge in [-0.25, -0.2) is 0 Å². The van der Waals surface area contributed by atoms with Crippen LogP contribution < -0.4 is 23.7 Å². The molecular weight excluding hydrogens is 765 g/mol. The minimum absolute atomic E-state index is 0.148. The van der Waals surface area contributed by atoms with Crippen LogP contribution in [0.2, 0.25) is 13.3 Å². The summed E-state index contributed by atoms with van der Waals surface area (Å²) in [6, 6.07) is 18.0. The van der Waals surface area contributed by atoms with E-state index in [1.54, 1.807) is 22.8 Å². The molecule has 51 heavy (non-hydrogen) atoms. The number of aromatic nitrogens is 1. The number of unbranched alkanes of at least 4 members (excludes halogenated alkanes) is 3. The van der Waals surface area contributed by atoms with Crippen molar-refractivity contribution in [3.8, 4) is 5.75 Å². The summed E-state index contributed by atoms with van der Waals surface area (Å²) in [5.74, 6) is 0.343. The van der Waals surface area contributed by atoms with Gasteiger partial charge in [0.05, 0.1) is 0 Å². The number of rotatable bonds is 21. The second-order valence-electron chi connectivity index (χ2n) is 13.7. The molecule has 0 aliphatic carbocycles. The number of pyridine rings is 1. The fourth-order valence-corrected chi connectivity index (χ4v) is 23.7. The van der Waals surface area contributed by atoms with E-state index in [-0.39, 0.29) is 5.91 Å². The van der Waals surface area contributed by atoms with Crippen LogP contribution in [0, 0.1) is 0 Å². The van der Waals surface area contributed by atoms with Gasteiger partial charge in [-0.3, -0.25) is 0 Å². The molecule has 1 aromatic heterocycles. The van der Waals surface area contributed by atoms with E-state index in [0.29, 0.717) is 34.7 Å². The van der Waals surface area contributed by atoms with Crippen molar-refractivity contribution in [2.75, 3.05) is 49.6 Å². The SMILES string of the molecule is CCC[CH2][Sn]([CH2]CCC)([CH2]CCC)[c]1ccc2nc3c(C(=O)NCCN(CC)CC)cccc3c(Nc3ccc(NS(C)(=O)=O)cc3OC)c2c1. The normalized spacial score (nSPS) is 12.1. The van der Waals surface area contributed by atoms with Crippen LogP contribution in [-0.2, 0) is 10.0 Å². The number of carbonyl (C=O) groups is 1. The van der Waals surface area contributed by atoms with Crippen LogP contribution in [0.3, 0.4) is 0 Å². The maximum absolute atomic E-state index is 13.7. The van der Waals surface area contributed by atoms with E-state index in [9.17, 15) is 13.2 Å². The predicted octanol–water partition coefficient (Wildman–Crippen LogP) is 8.64. The van der Waals surface area contributed by atoms with Gasteiger partial charge in [0.25, 0.3) is 0 Å². The molecule has 1 heterocycles. The molecule has 0 spiro atoms. The minimum atomic E-state index is -3.47. The Kier molecular flexibility index (Phi) is 15.2. The van der Waals surface area contributed by atoms with E-state index in [1.807, 2.05) is 24.3 Å². The number of hydrogen-bond acceptors (Lipinski definition) is 7. The number of ether oxygens (including phenoxy) is 1. The molecule has 4 aromatic rings. The number of likely N-dealkylation sites (N-methyl/N-ethyl adjacent to an activating group) is 1. The quantitative estimate of drug-likeness (QED) is 0.0570. The van der Waals surface area contributed by atoms with Gasteiger partial charge in [-0.15, -0.1) is 0 Å². The molecule has 0 aliphatic heterocycles. The van der Waals surface area contributed by atoms with Crippen molar-refractivity contribution in [2.24, 2.45) is 0 Å². The Morgan fingerprint density at radius 2 is 1.53 bits per heavy atom. The number of sulfonamides is 1. The van der Waals surface area contributed by atoms with Crippen LogP contribution >= 0.6 is 0 Å². The number of carbonyl (C=O) groups excluding carboxylic acids is 1. The second-order valence-corrected chi connectivity index (χ2v) is 28.7. The Balaban J connectivity index is 1.94. The van der Waals surface area contributed by atoms with Crippen LogP contribution in [0.15, 0.2) is 54.6 Å². The predicted molar refractivity (Wildman–Crippen MR) is 219 cm³/mol. The average molecular weight is 825 g/mol. The Morgan fingerprint density at radius 3 is 2.12 bits per heavy atom. The number of amides is 1. The fourth-order valence-electron chi connectivity index (χ4n) is 7.14. The second kappa shape index (κ2) is 19.1. The average Bonchev–Trinajstić information content (AvgIpc) is 3.12. The molecule has 9 nitrogen and oxygen atoms in total. The molecule has 0 saturated heterocycles. The Hall–Kier alpha value is -3.09. The van der Waals surface area contributed by atoms with Crippen molar-refractivity contribution >= 4 is 76.8 Å². The molecular formula is C40H59N5O4SSn. The van der Waals surface area contributed by atoms with Gasteiger partial charge < -0.3 is 0 Å². The van der Waals surface area contributed by atoms with E-state index in [1.165, 1.54) is 51.8 Å². The molecule has 3 aromatic carbocycles. The Labute approximate surface area is 310 Å². The van der Waals surface area contributed by atoms with Crippen LogP contribution in [0.4, 0.5) is 17.1 Å². The third kappa shape index (κ3) is 10.5. The first-order valence-corrected chi connectivity index (χ1v) is 28.2. The van der Waals surface area contributed by atoms with Gasteiger partial charge in [-0.2, -0.15) is 0 Å². The first kappa shape index (κ1) is 40.7. The van der Waals surface area contributed by atoms with Crippen molar-refractivity contribution < 1.29 is 17.9 Å². The number of methoxy groups -OCH3 is 1. The van der Waals surface area contributed by atoms with Crippen LogP contribution in [-0.4, -0.2) is 82.1 Å². The van der Waals surface area contributed by atoms with Crippen molar-refractivity contribution in [1.29, 1.82) is 0 Å². The summed E-state index contributed by atoms with van der Waals surface area (Å²) in [4.78, 5) is 21.2. The summed E-state index contributed by atoms with van der Waals surface area (Å²) in [6.45, 7) is 14.3. The molecule has 11 heteroatoms. The molecule has 0 aliphatic rings. The van der Waals surface area contributed by atoms with Crippen LogP contribution in [0.1, 0.15) is 83.5 Å². The summed E-state index contributed by atoms with van der Waals surface area (Å²) in [7, 11) is -1.89. The van der Waals surface area contributed by atoms with Gasteiger partial charge in [0.2, 0.25) is 0 Å². The van der Waals surface area contributed by atoms with Gasteiger partial charge >= 0.3 is 285 Å². The number of hydrogen-bond donors (Lipinski definition) is 3. The number of nitrogens with one attached hydrogen (secondary N) is 3. The summed E-state index contributed by atoms with van der Waals surface area (Å²) < 4.78 is 37.9. The van der Waals surface area contributed by atoms with Crippen molar-refractivity contribution in [3.63, 3.8) is 0 Å². The van der Waals surface area contributed by atoms with E-state index < -0.39 is 28.4 Å². The molecule has 0 fully saturated rings. The summed E-state index contributed by atoms with van der Waals surface area (Å²) in [6.07, 6.45) is 8.53. The molecule has 0 atom stereocenters. The fraction of sp³-hybridized carbons (Fsp3) is 0.500. The van der Waals surface area contributed by atoms with Gasteiger partial charge in [0, 0.05) is 0 Å². The molecule has 0 radical (unpaired) electrons. The number of nitrogens with zero attached hydrogens (tertiary/aromatic N) is 2. The molecule has 1 amide bonds. The molecule has 278 valence electrons. The third-order valence-corrected chi connectivity index (χ3v) is 26.3. The van der Waals surface area contributed by atoms with Crippen molar-refractivity contribution in [3.05, 3.63) is 60.2 Å². The van der Waals surface area contributed by atoms with Gasteiger partial charge in [0.1, 0.15) is 0 Å². The Morgan fingerprint density at radius 1 is 0.863 bits per heavy atom. The molecule has 3 N–H and O–H groups in total. The third-order valence-electron chi connectivity index (χ3n) is 10.1. The van der Waals surface area contributed by atoms with Crippen LogP contribution in [0.5, 0.6) is 5.75 Å². The number of anilines is 3. The molecule has 0 bridgehead atoms. The maximum atomic E-state index is 13.7. The first-order chi connectivity index (χ1) is 24.5. The van der Waals surface area contributed by atoms with Gasteiger partial charge in [-0.05, 0) is 13.1 Å². The summed E-state index contributed by atoms with van der Waals surface area (Å²) >= 11 is -2.84. The zero-order valence-corrected chi connectivity index (χ0v) is 35.5. The topological polar surface area (TPSA) is 113 Å². The molecule has 0 unspecified atom stereocenters. The van der Waals surface area contributed by atoms with Crippen LogP contribution in [0.25, 0.3) is 21.8 Å². The van der Waals surface area contributed by atoms with E-state index >= 15 is 0 Å². The monoisotopic (exact) mass is 825 g/mol. The molecule has 0 saturated carbocycles. The molecule has 4 rings (SSSR count). The summed E-state index contributed by atoms with van der Waals surface area (Å²) in [5, 5.41) is 8.68. The Bertz CT molecular complexity index is 1860. The van der Waals surface area contributed by atoms with Crippen molar-refractivity contribution in [1.82, 2.24) is 15.2 Å². The van der Waals surface area contributed by atoms with E-state index in [0.717, 1.165) is 47.9 Å². The first-order valence-electron chi connectivity index (χ1n) is 18.8. The number of benzene rings is 3. The van der Waals surface area contributed by atoms with E-state index in [4.69, 9.17) is 9.72 Å². The zero-order valence-electron chi connectivity index (χ0n) is 31.8. The van der Waals surface area contributed by atoms with Crippen molar-refractivity contribution in [2.45, 2.75) is 86.5 Å². The number of para-hydroxylation sites is 1.